The fourth-order valence-electron chi connectivity index (χ4n) is 16.3. The molecular weight excluding hydrogens is 1000 g/mol. The van der Waals surface area contributed by atoms with E-state index in [2.05, 4.69) is 33.9 Å². The Morgan fingerprint density at radius 1 is 0.688 bits per heavy atom. The van der Waals surface area contributed by atoms with Gasteiger partial charge in [0.05, 0.1) is 136 Å². The van der Waals surface area contributed by atoms with E-state index in [0.29, 0.717) is 76.5 Å². The molecule has 19 heteroatoms. The maximum absolute atomic E-state index is 13.7. The Balaban J connectivity index is 0.565. The average molecular weight is 1090 g/mol. The van der Waals surface area contributed by atoms with Crippen molar-refractivity contribution in [2.75, 3.05) is 13.2 Å². The van der Waals surface area contributed by atoms with Gasteiger partial charge in [0.25, 0.3) is 0 Å². The Morgan fingerprint density at radius 2 is 1.49 bits per heavy atom. The van der Waals surface area contributed by atoms with E-state index in [1.54, 1.807) is 0 Å². The lowest BCUT2D eigenvalue weighted by Gasteiger charge is -2.50. The molecule has 0 aromatic rings. The van der Waals surface area contributed by atoms with Gasteiger partial charge in [-0.05, 0) is 81.3 Å². The molecule has 0 aromatic carbocycles. The van der Waals surface area contributed by atoms with Crippen LogP contribution in [0, 0.1) is 11.8 Å². The Labute approximate surface area is 452 Å². The van der Waals surface area contributed by atoms with Crippen LogP contribution in [0.4, 0.5) is 0 Å². The van der Waals surface area contributed by atoms with Crippen molar-refractivity contribution in [3.05, 3.63) is 24.3 Å². The van der Waals surface area contributed by atoms with Gasteiger partial charge in [-0.1, -0.05) is 27.0 Å². The zero-order chi connectivity index (χ0) is 53.1. The van der Waals surface area contributed by atoms with Crippen molar-refractivity contribution in [1.82, 2.24) is 0 Å². The van der Waals surface area contributed by atoms with Crippen molar-refractivity contribution in [3.63, 3.8) is 0 Å². The van der Waals surface area contributed by atoms with E-state index in [-0.39, 0.29) is 135 Å². The van der Waals surface area contributed by atoms with E-state index in [4.69, 9.17) is 66.3 Å². The summed E-state index contributed by atoms with van der Waals surface area (Å²) in [5.74, 6) is -1.52. The topological polar surface area (TPSA) is 227 Å². The van der Waals surface area contributed by atoms with Gasteiger partial charge in [0.15, 0.2) is 11.6 Å². The molecule has 1 spiro atoms. The largest absolute Gasteiger partial charge is 0.460 e. The van der Waals surface area contributed by atoms with Crippen LogP contribution in [-0.4, -0.2) is 204 Å². The van der Waals surface area contributed by atoms with E-state index in [1.165, 1.54) is 5.57 Å². The van der Waals surface area contributed by atoms with Gasteiger partial charge >= 0.3 is 5.97 Å². The van der Waals surface area contributed by atoms with Crippen molar-refractivity contribution >= 4 is 5.97 Å². The molecule has 14 saturated heterocycles. The third kappa shape index (κ3) is 10.8. The minimum absolute atomic E-state index is 0.0149. The van der Waals surface area contributed by atoms with Gasteiger partial charge < -0.3 is 86.7 Å². The van der Waals surface area contributed by atoms with E-state index in [9.17, 15) is 25.2 Å². The van der Waals surface area contributed by atoms with Crippen molar-refractivity contribution < 1.29 is 91.5 Å². The first-order valence-corrected chi connectivity index (χ1v) is 29.8. The minimum atomic E-state index is -1.02. The van der Waals surface area contributed by atoms with Gasteiger partial charge in [-0.2, -0.15) is 0 Å². The number of ether oxygens (including phenoxy) is 14. The predicted octanol–water partition coefficient (Wildman–Crippen LogP) is 4.32. The highest BCUT2D eigenvalue weighted by Crippen LogP contribution is 2.55. The molecule has 29 atom stereocenters. The molecule has 14 aliphatic heterocycles. The first-order valence-electron chi connectivity index (χ1n) is 29.8. The van der Waals surface area contributed by atoms with Crippen LogP contribution in [0.2, 0.25) is 0 Å². The van der Waals surface area contributed by atoms with Crippen LogP contribution >= 0.6 is 0 Å². The summed E-state index contributed by atoms with van der Waals surface area (Å²) in [7, 11) is 0. The van der Waals surface area contributed by atoms with Crippen LogP contribution < -0.4 is 0 Å². The normalized spacial score (nSPS) is 52.4. The summed E-state index contributed by atoms with van der Waals surface area (Å²) in [6.45, 7) is 14.9. The van der Waals surface area contributed by atoms with E-state index < -0.39 is 67.0 Å². The summed E-state index contributed by atoms with van der Waals surface area (Å²) >= 11 is 0. The molecule has 14 fully saturated rings. The van der Waals surface area contributed by atoms with Crippen LogP contribution in [0.1, 0.15) is 143 Å². The van der Waals surface area contributed by atoms with Gasteiger partial charge in [-0.3, -0.25) is 4.79 Å². The number of fused-ring (bicyclic) bond motifs is 4. The van der Waals surface area contributed by atoms with Crippen LogP contribution in [0.25, 0.3) is 0 Å². The fraction of sp³-hybridized carbons (Fsp3) is 0.914. The average Bonchev–Trinajstić information content (AvgIpc) is 4.29. The number of esters is 1. The molecule has 4 N–H and O–H groups in total. The van der Waals surface area contributed by atoms with Gasteiger partial charge in [-0.15, -0.1) is 0 Å². The zero-order valence-electron chi connectivity index (χ0n) is 45.3. The van der Waals surface area contributed by atoms with E-state index >= 15 is 0 Å². The van der Waals surface area contributed by atoms with Crippen molar-refractivity contribution in [2.45, 2.75) is 307 Å². The lowest BCUT2D eigenvalue weighted by molar-refractivity contribution is -0.346. The second-order valence-corrected chi connectivity index (χ2v) is 25.9. The smallest absolute Gasteiger partial charge is 0.308 e. The molecule has 14 rings (SSSR count). The van der Waals surface area contributed by atoms with Crippen LogP contribution in [0.15, 0.2) is 24.3 Å². The lowest BCUT2D eigenvalue weighted by Crippen LogP contribution is -2.61. The highest BCUT2D eigenvalue weighted by Gasteiger charge is 2.69. The first kappa shape index (κ1) is 54.5. The lowest BCUT2D eigenvalue weighted by atomic mass is 9.83. The summed E-state index contributed by atoms with van der Waals surface area (Å²) in [4.78, 5) is 13.7. The Kier molecular flexibility index (Phi) is 15.4. The van der Waals surface area contributed by atoms with Crippen molar-refractivity contribution in [2.24, 2.45) is 11.8 Å². The number of aliphatic hydroxyl groups excluding tert-OH is 4. The second kappa shape index (κ2) is 21.8. The van der Waals surface area contributed by atoms with Gasteiger partial charge in [-0.25, -0.2) is 0 Å². The molecule has 0 amide bonds. The second-order valence-electron chi connectivity index (χ2n) is 25.9. The third-order valence-electron chi connectivity index (χ3n) is 20.3. The number of hydrogen-bond donors (Lipinski definition) is 4. The minimum Gasteiger partial charge on any atom is -0.460 e. The van der Waals surface area contributed by atoms with Crippen LogP contribution in [-0.2, 0) is 71.1 Å². The number of carbonyl (C=O) groups is 1. The molecule has 0 radical (unpaired) electrons. The number of carbonyl (C=O) groups excluding carboxylic acids is 1. The molecule has 0 saturated carbocycles. The molecule has 432 valence electrons. The molecule has 5 unspecified atom stereocenters. The standard InChI is InChI=1S/C58H86O19/c1-27-14-33(65-31(5)30(27)4)6-8-40-28(2)15-35(66-40)10-12-58-24-49-53(76-58)54-55(73-49)56(77-58)52-41(71-54)9-7-34(69-52)20-50(63)68-37-19-45-44(64-26-37)22-47-46(70-45)18-36(67-47)17-43-38(61)11-13-57(74-43)23-29(3)51-48(75-57)21-42(72-51)39(62)16-32(60)25-59/h27,29,31-49,51-56,59-62H,2,4,6-26H2,1,3,5H3/t27-,29+,31-,32-,33+,34?,35+,36?,37-,38+,39+,40+,41+,42?,43+,44+,45?,46?,47-,48+,49-,51+,52+,53+,54+,55-,56+,57-,58+/m1/s1. The quantitative estimate of drug-likeness (QED) is 0.132. The molecule has 6 bridgehead atoms. The molecule has 77 heavy (non-hydrogen) atoms. The van der Waals surface area contributed by atoms with Gasteiger partial charge in [0, 0.05) is 64.2 Å². The Bertz CT molecular complexity index is 2140. The molecule has 0 aromatic heterocycles. The fourth-order valence-corrected chi connectivity index (χ4v) is 16.3. The maximum atomic E-state index is 13.7. The van der Waals surface area contributed by atoms with Crippen LogP contribution in [0.3, 0.4) is 0 Å². The summed E-state index contributed by atoms with van der Waals surface area (Å²) in [5.41, 5.74) is 2.32. The highest BCUT2D eigenvalue weighted by molar-refractivity contribution is 5.70. The van der Waals surface area contributed by atoms with E-state index in [0.717, 1.165) is 44.1 Å². The van der Waals surface area contributed by atoms with E-state index in [1.807, 2.05) is 0 Å². The SMILES string of the molecule is C=C1C[C@H](CC[C@@]23C[C@H]4O[C@H]5[C@@H](O2)[C@H]2OC(CC(=O)O[C@H]6CO[C@H]7C[C@H]8OC(C[C@@H]9O[C@@]%10(CC[C@@H]9O)C[C@H](C)[C@@H]9OC([C@@H](O)C[C@@H](O)CO)C[C@@H]9O%10)CC8OC7C6)CC[C@@H]2O[C@H]5[C@H]4O3)O[C@H]1CC[C@H]1C[C@@H](C)C(=C)[C@@H](C)O1. The van der Waals surface area contributed by atoms with Gasteiger partial charge in [0.1, 0.15) is 36.6 Å². The van der Waals surface area contributed by atoms with Crippen LogP contribution in [0.5, 0.6) is 0 Å². The van der Waals surface area contributed by atoms with Crippen molar-refractivity contribution in [3.8, 4) is 0 Å². The summed E-state index contributed by atoms with van der Waals surface area (Å²) in [6, 6.07) is 0. The first-order chi connectivity index (χ1) is 37.1. The third-order valence-corrected chi connectivity index (χ3v) is 20.3. The number of hydrogen-bond acceptors (Lipinski definition) is 19. The molecule has 0 aliphatic carbocycles. The Morgan fingerprint density at radius 3 is 2.34 bits per heavy atom. The molecule has 14 aliphatic rings. The Hall–Kier alpha value is -1.73. The monoisotopic (exact) mass is 1090 g/mol. The highest BCUT2D eigenvalue weighted by atomic mass is 16.8. The predicted molar refractivity (Wildman–Crippen MR) is 269 cm³/mol. The zero-order valence-corrected chi connectivity index (χ0v) is 45.3. The maximum Gasteiger partial charge on any atom is 0.308 e. The summed E-state index contributed by atoms with van der Waals surface area (Å²) in [6.07, 6.45) is 4.12. The molecule has 19 nitrogen and oxygen atoms in total. The number of rotatable bonds is 15. The summed E-state index contributed by atoms with van der Waals surface area (Å²) in [5, 5.41) is 41.2. The van der Waals surface area contributed by atoms with Crippen molar-refractivity contribution in [1.29, 1.82) is 0 Å². The van der Waals surface area contributed by atoms with Gasteiger partial charge in [0.2, 0.25) is 0 Å². The summed E-state index contributed by atoms with van der Waals surface area (Å²) < 4.78 is 92.3. The number of aliphatic hydroxyl groups is 4. The molecule has 14 heterocycles. The molecular formula is C58H86O19.